The molecule has 0 bridgehead atoms. The summed E-state index contributed by atoms with van der Waals surface area (Å²) in [6.45, 7) is 8.13. The van der Waals surface area contributed by atoms with Crippen LogP contribution in [0.2, 0.25) is 0 Å². The standard InChI is InChI=1S/C14H25N3OS/c1-3-7-17(8-9-18-4-2)11-5-6-12-13(10-11)19-14(15)16-12/h11H,3-10H2,1-2H3,(H2,15,16)/t11-/m0/s1. The summed E-state index contributed by atoms with van der Waals surface area (Å²) in [5, 5.41) is 0.724. The number of thiazole rings is 1. The van der Waals surface area contributed by atoms with E-state index in [1.165, 1.54) is 23.4 Å². The number of hydrogen-bond donors (Lipinski definition) is 1. The minimum Gasteiger partial charge on any atom is -0.380 e. The van der Waals surface area contributed by atoms with Crippen molar-refractivity contribution < 1.29 is 4.74 Å². The molecule has 19 heavy (non-hydrogen) atoms. The number of nitrogens with two attached hydrogens (primary N) is 1. The largest absolute Gasteiger partial charge is 0.380 e. The van der Waals surface area contributed by atoms with Crippen LogP contribution in [0.25, 0.3) is 0 Å². The van der Waals surface area contributed by atoms with Crippen LogP contribution in [-0.4, -0.2) is 42.2 Å². The summed E-state index contributed by atoms with van der Waals surface area (Å²) < 4.78 is 5.50. The van der Waals surface area contributed by atoms with E-state index < -0.39 is 0 Å². The van der Waals surface area contributed by atoms with Crippen LogP contribution in [0.5, 0.6) is 0 Å². The Morgan fingerprint density at radius 1 is 1.42 bits per heavy atom. The van der Waals surface area contributed by atoms with Gasteiger partial charge in [-0.2, -0.15) is 0 Å². The number of aryl methyl sites for hydroxylation is 1. The van der Waals surface area contributed by atoms with Gasteiger partial charge in [-0.15, -0.1) is 11.3 Å². The van der Waals surface area contributed by atoms with Gasteiger partial charge in [0.2, 0.25) is 0 Å². The van der Waals surface area contributed by atoms with E-state index >= 15 is 0 Å². The molecule has 0 aliphatic heterocycles. The Morgan fingerprint density at radius 3 is 3.00 bits per heavy atom. The number of fused-ring (bicyclic) bond motifs is 1. The molecule has 1 aromatic heterocycles. The molecule has 108 valence electrons. The fourth-order valence-corrected chi connectivity index (χ4v) is 3.73. The predicted octanol–water partition coefficient (Wildman–Crippen LogP) is 2.33. The molecule has 1 aliphatic carbocycles. The molecule has 2 rings (SSSR count). The molecule has 0 fully saturated rings. The van der Waals surface area contributed by atoms with Gasteiger partial charge in [0.05, 0.1) is 12.3 Å². The highest BCUT2D eigenvalue weighted by Crippen LogP contribution is 2.30. The van der Waals surface area contributed by atoms with Crippen molar-refractivity contribution in [2.24, 2.45) is 0 Å². The zero-order valence-electron chi connectivity index (χ0n) is 12.0. The summed E-state index contributed by atoms with van der Waals surface area (Å²) in [4.78, 5) is 8.39. The van der Waals surface area contributed by atoms with Gasteiger partial charge in [-0.1, -0.05) is 6.92 Å². The molecule has 5 heteroatoms. The third kappa shape index (κ3) is 3.91. The second-order valence-corrected chi connectivity index (χ2v) is 6.17. The van der Waals surface area contributed by atoms with Gasteiger partial charge < -0.3 is 10.5 Å². The van der Waals surface area contributed by atoms with Crippen LogP contribution in [0.3, 0.4) is 0 Å². The van der Waals surface area contributed by atoms with Gasteiger partial charge in [-0.05, 0) is 39.2 Å². The molecule has 0 amide bonds. The van der Waals surface area contributed by atoms with Crippen molar-refractivity contribution >= 4 is 16.5 Å². The molecule has 0 saturated heterocycles. The third-order valence-corrected chi connectivity index (χ3v) is 4.63. The maximum absolute atomic E-state index is 5.81. The van der Waals surface area contributed by atoms with Crippen LogP contribution < -0.4 is 5.73 Å². The summed E-state index contributed by atoms with van der Waals surface area (Å²) in [7, 11) is 0. The van der Waals surface area contributed by atoms with Crippen molar-refractivity contribution in [2.45, 2.75) is 45.6 Å². The van der Waals surface area contributed by atoms with E-state index in [1.54, 1.807) is 11.3 Å². The number of hydrogen-bond acceptors (Lipinski definition) is 5. The molecule has 0 radical (unpaired) electrons. The fraction of sp³-hybridized carbons (Fsp3) is 0.786. The molecule has 2 N–H and O–H groups in total. The first-order valence-electron chi connectivity index (χ1n) is 7.30. The number of nitrogens with zero attached hydrogens (tertiary/aromatic N) is 2. The van der Waals surface area contributed by atoms with Crippen LogP contribution in [0.4, 0.5) is 5.13 Å². The molecule has 1 atom stereocenters. The smallest absolute Gasteiger partial charge is 0.180 e. The summed E-state index contributed by atoms with van der Waals surface area (Å²) >= 11 is 1.67. The van der Waals surface area contributed by atoms with Crippen LogP contribution in [-0.2, 0) is 17.6 Å². The number of ether oxygens (including phenoxy) is 1. The van der Waals surface area contributed by atoms with Crippen LogP contribution in [0, 0.1) is 0 Å². The van der Waals surface area contributed by atoms with Crippen molar-refractivity contribution in [1.29, 1.82) is 0 Å². The van der Waals surface area contributed by atoms with Gasteiger partial charge in [0.15, 0.2) is 5.13 Å². The highest BCUT2D eigenvalue weighted by molar-refractivity contribution is 7.15. The van der Waals surface area contributed by atoms with Gasteiger partial charge in [0, 0.05) is 24.1 Å². The van der Waals surface area contributed by atoms with E-state index in [4.69, 9.17) is 10.5 Å². The lowest BCUT2D eigenvalue weighted by Gasteiger charge is -2.33. The minimum atomic E-state index is 0.632. The normalized spacial score (nSPS) is 18.8. The molecule has 1 aliphatic rings. The van der Waals surface area contributed by atoms with E-state index in [1.807, 2.05) is 0 Å². The average Bonchev–Trinajstić information content (AvgIpc) is 2.77. The number of rotatable bonds is 7. The summed E-state index contributed by atoms with van der Waals surface area (Å²) in [6, 6.07) is 0.632. The first-order valence-corrected chi connectivity index (χ1v) is 8.12. The number of aromatic nitrogens is 1. The lowest BCUT2D eigenvalue weighted by Crippen LogP contribution is -2.41. The highest BCUT2D eigenvalue weighted by Gasteiger charge is 2.26. The van der Waals surface area contributed by atoms with E-state index in [9.17, 15) is 0 Å². The predicted molar refractivity (Wildman–Crippen MR) is 80.7 cm³/mol. The van der Waals surface area contributed by atoms with Crippen molar-refractivity contribution in [2.75, 3.05) is 32.0 Å². The van der Waals surface area contributed by atoms with Crippen molar-refractivity contribution in [3.05, 3.63) is 10.6 Å². The van der Waals surface area contributed by atoms with Crippen LogP contribution in [0.15, 0.2) is 0 Å². The topological polar surface area (TPSA) is 51.4 Å². The Balaban J connectivity index is 1.95. The van der Waals surface area contributed by atoms with Gasteiger partial charge >= 0.3 is 0 Å². The first-order chi connectivity index (χ1) is 9.24. The van der Waals surface area contributed by atoms with Crippen LogP contribution in [0.1, 0.15) is 37.3 Å². The monoisotopic (exact) mass is 283 g/mol. The molecule has 4 nitrogen and oxygen atoms in total. The van der Waals surface area contributed by atoms with E-state index in [0.717, 1.165) is 44.3 Å². The Hall–Kier alpha value is -0.650. The summed E-state index contributed by atoms with van der Waals surface area (Å²) in [5.41, 5.74) is 7.05. The van der Waals surface area contributed by atoms with Crippen molar-refractivity contribution in [3.8, 4) is 0 Å². The first kappa shape index (κ1) is 14.8. The zero-order chi connectivity index (χ0) is 13.7. The van der Waals surface area contributed by atoms with Crippen molar-refractivity contribution in [3.63, 3.8) is 0 Å². The van der Waals surface area contributed by atoms with Crippen LogP contribution >= 0.6 is 11.3 Å². The Labute approximate surface area is 120 Å². The minimum absolute atomic E-state index is 0.632. The molecule has 1 aromatic rings. The van der Waals surface area contributed by atoms with E-state index in [0.29, 0.717) is 6.04 Å². The maximum atomic E-state index is 5.81. The molecule has 0 aromatic carbocycles. The van der Waals surface area contributed by atoms with Crippen molar-refractivity contribution in [1.82, 2.24) is 9.88 Å². The molecule has 0 unspecified atom stereocenters. The highest BCUT2D eigenvalue weighted by atomic mass is 32.1. The van der Waals surface area contributed by atoms with Gasteiger partial charge in [-0.3, -0.25) is 4.90 Å². The Bertz CT molecular complexity index is 394. The Kier molecular flexibility index (Phi) is 5.60. The van der Waals surface area contributed by atoms with E-state index in [-0.39, 0.29) is 0 Å². The molecule has 1 heterocycles. The molecular formula is C14H25N3OS. The fourth-order valence-electron chi connectivity index (χ4n) is 2.78. The second kappa shape index (κ2) is 7.22. The van der Waals surface area contributed by atoms with Gasteiger partial charge in [-0.25, -0.2) is 4.98 Å². The van der Waals surface area contributed by atoms with Gasteiger partial charge in [0.1, 0.15) is 0 Å². The number of nitrogen functional groups attached to an aromatic ring is 1. The second-order valence-electron chi connectivity index (χ2n) is 5.05. The Morgan fingerprint density at radius 2 is 2.26 bits per heavy atom. The molecule has 0 spiro atoms. The third-order valence-electron chi connectivity index (χ3n) is 3.68. The molecular weight excluding hydrogens is 258 g/mol. The lowest BCUT2D eigenvalue weighted by atomic mass is 9.96. The van der Waals surface area contributed by atoms with E-state index in [2.05, 4.69) is 23.7 Å². The summed E-state index contributed by atoms with van der Waals surface area (Å²) in [5.74, 6) is 0. The molecule has 0 saturated carbocycles. The lowest BCUT2D eigenvalue weighted by molar-refractivity contribution is 0.0897. The zero-order valence-corrected chi connectivity index (χ0v) is 12.8. The summed E-state index contributed by atoms with van der Waals surface area (Å²) in [6.07, 6.45) is 4.57. The quantitative estimate of drug-likeness (QED) is 0.780. The van der Waals surface area contributed by atoms with Gasteiger partial charge in [0.25, 0.3) is 0 Å². The number of anilines is 1. The average molecular weight is 283 g/mol. The maximum Gasteiger partial charge on any atom is 0.180 e. The SMILES string of the molecule is CCCN(CCOCC)[C@H]1CCc2nc(N)sc2C1.